The maximum absolute atomic E-state index is 13.3. The number of rotatable bonds is 10. The molecule has 5 nitrogen and oxygen atoms in total. The average molecular weight is 490 g/mol. The highest BCUT2D eigenvalue weighted by molar-refractivity contribution is 6.03. The minimum atomic E-state index is -0.106. The molecule has 37 heavy (non-hydrogen) atoms. The average Bonchev–Trinajstić information content (AvgIpc) is 2.92. The summed E-state index contributed by atoms with van der Waals surface area (Å²) >= 11 is 0. The second kappa shape index (κ2) is 13.0. The summed E-state index contributed by atoms with van der Waals surface area (Å²) in [6.45, 7) is 3.04. The van der Waals surface area contributed by atoms with E-state index in [-0.39, 0.29) is 18.2 Å². The lowest BCUT2D eigenvalue weighted by molar-refractivity contribution is -0.120. The fourth-order valence-corrected chi connectivity index (χ4v) is 4.03. The summed E-state index contributed by atoms with van der Waals surface area (Å²) < 4.78 is 0. The molecule has 0 aliphatic carbocycles. The van der Waals surface area contributed by atoms with Gasteiger partial charge in [-0.3, -0.25) is 14.6 Å². The molecule has 1 aromatic heterocycles. The second-order valence-electron chi connectivity index (χ2n) is 8.92. The Morgan fingerprint density at radius 3 is 2.38 bits per heavy atom. The number of nitrogens with one attached hydrogen (secondary N) is 1. The Balaban J connectivity index is 1.42. The third-order valence-electron chi connectivity index (χ3n) is 5.95. The summed E-state index contributed by atoms with van der Waals surface area (Å²) in [6, 6.07) is 31.3. The van der Waals surface area contributed by atoms with Crippen molar-refractivity contribution in [1.29, 1.82) is 0 Å². The molecule has 1 N–H and O–H groups in total. The highest BCUT2D eigenvalue weighted by Crippen LogP contribution is 2.20. The molecule has 0 radical (unpaired) electrons. The Morgan fingerprint density at radius 2 is 1.65 bits per heavy atom. The first-order valence-corrected chi connectivity index (χ1v) is 12.4. The molecule has 0 aliphatic heterocycles. The van der Waals surface area contributed by atoms with Crippen molar-refractivity contribution in [2.75, 3.05) is 11.4 Å². The van der Waals surface area contributed by atoms with Gasteiger partial charge in [-0.1, -0.05) is 78.4 Å². The quantitative estimate of drug-likeness (QED) is 0.298. The number of hydrogen-bond donors (Lipinski definition) is 1. The van der Waals surface area contributed by atoms with Gasteiger partial charge in [0.05, 0.1) is 13.0 Å². The van der Waals surface area contributed by atoms with E-state index in [0.717, 1.165) is 33.6 Å². The third-order valence-corrected chi connectivity index (χ3v) is 5.95. The van der Waals surface area contributed by atoms with Gasteiger partial charge in [0.1, 0.15) is 0 Å². The third kappa shape index (κ3) is 8.00. The highest BCUT2D eigenvalue weighted by Gasteiger charge is 2.15. The molecule has 0 aliphatic rings. The fraction of sp³-hybridized carbons (Fsp3) is 0.156. The van der Waals surface area contributed by atoms with Gasteiger partial charge in [0, 0.05) is 36.6 Å². The second-order valence-corrected chi connectivity index (χ2v) is 8.92. The van der Waals surface area contributed by atoms with E-state index >= 15 is 0 Å². The van der Waals surface area contributed by atoms with Crippen molar-refractivity contribution in [3.63, 3.8) is 0 Å². The number of hydrogen-bond acceptors (Lipinski definition) is 3. The molecule has 2 amide bonds. The smallest absolute Gasteiger partial charge is 0.251 e. The van der Waals surface area contributed by atoms with Crippen LogP contribution in [0.2, 0.25) is 0 Å². The van der Waals surface area contributed by atoms with Crippen LogP contribution in [0.25, 0.3) is 6.08 Å². The Labute approximate surface area is 218 Å². The number of pyridine rings is 1. The number of carbonyl (C=O) groups excluding carboxylic acids is 2. The number of nitrogens with zero attached hydrogens (tertiary/aromatic N) is 2. The maximum Gasteiger partial charge on any atom is 0.251 e. The standard InChI is InChI=1S/C32H31N3O2/c1-25-8-7-11-28(22-25)24-35(32(37)18-15-26-9-3-2-4-10-26)30-16-13-27(14-17-30)23-31(36)34-21-19-29-12-5-6-20-33-29/h2-18,20,22H,19,21,23-24H2,1H3,(H,34,36)/b18-15+. The van der Waals surface area contributed by atoms with Crippen LogP contribution in [0, 0.1) is 6.92 Å². The van der Waals surface area contributed by atoms with E-state index in [2.05, 4.69) is 16.4 Å². The van der Waals surface area contributed by atoms with Crippen molar-refractivity contribution < 1.29 is 9.59 Å². The lowest BCUT2D eigenvalue weighted by Gasteiger charge is -2.22. The largest absolute Gasteiger partial charge is 0.355 e. The summed E-state index contributed by atoms with van der Waals surface area (Å²) in [5.41, 5.74) is 5.79. The number of carbonyl (C=O) groups is 2. The number of benzene rings is 3. The normalized spacial score (nSPS) is 10.8. The van der Waals surface area contributed by atoms with E-state index in [0.29, 0.717) is 19.5 Å². The van der Waals surface area contributed by atoms with Gasteiger partial charge in [0.2, 0.25) is 5.91 Å². The molecular formula is C32H31N3O2. The highest BCUT2D eigenvalue weighted by atomic mass is 16.2. The van der Waals surface area contributed by atoms with Crippen molar-refractivity contribution in [3.8, 4) is 0 Å². The predicted octanol–water partition coefficient (Wildman–Crippen LogP) is 5.54. The first-order valence-electron chi connectivity index (χ1n) is 12.4. The van der Waals surface area contributed by atoms with Crippen molar-refractivity contribution in [1.82, 2.24) is 10.3 Å². The maximum atomic E-state index is 13.3. The molecule has 0 spiro atoms. The van der Waals surface area contributed by atoms with Gasteiger partial charge in [0.15, 0.2) is 0 Å². The SMILES string of the molecule is Cc1cccc(CN(C(=O)/C=C/c2ccccc2)c2ccc(CC(=O)NCCc3ccccn3)cc2)c1. The molecule has 0 atom stereocenters. The molecule has 3 aromatic carbocycles. The Hall–Kier alpha value is -4.51. The summed E-state index contributed by atoms with van der Waals surface area (Å²) in [4.78, 5) is 31.7. The van der Waals surface area contributed by atoms with Crippen LogP contribution < -0.4 is 10.2 Å². The minimum absolute atomic E-state index is 0.0397. The topological polar surface area (TPSA) is 62.3 Å². The zero-order valence-corrected chi connectivity index (χ0v) is 21.0. The van der Waals surface area contributed by atoms with E-state index in [4.69, 9.17) is 0 Å². The van der Waals surface area contributed by atoms with Crippen LogP contribution in [-0.2, 0) is 29.0 Å². The van der Waals surface area contributed by atoms with Gasteiger partial charge in [-0.15, -0.1) is 0 Å². The van der Waals surface area contributed by atoms with Crippen LogP contribution in [-0.4, -0.2) is 23.3 Å². The molecule has 0 saturated carbocycles. The molecule has 5 heteroatoms. The fourth-order valence-electron chi connectivity index (χ4n) is 4.03. The van der Waals surface area contributed by atoms with Crippen molar-refractivity contribution >= 4 is 23.6 Å². The predicted molar refractivity (Wildman–Crippen MR) is 149 cm³/mol. The zero-order chi connectivity index (χ0) is 25.9. The van der Waals surface area contributed by atoms with Crippen LogP contribution in [0.4, 0.5) is 5.69 Å². The van der Waals surface area contributed by atoms with Gasteiger partial charge in [-0.25, -0.2) is 0 Å². The Morgan fingerprint density at radius 1 is 0.865 bits per heavy atom. The summed E-state index contributed by atoms with van der Waals surface area (Å²) in [5, 5.41) is 2.95. The zero-order valence-electron chi connectivity index (χ0n) is 21.0. The van der Waals surface area contributed by atoms with E-state index < -0.39 is 0 Å². The number of anilines is 1. The van der Waals surface area contributed by atoms with Crippen LogP contribution >= 0.6 is 0 Å². The molecule has 0 bridgehead atoms. The number of aromatic nitrogens is 1. The Kier molecular flexibility index (Phi) is 8.97. The molecule has 0 unspecified atom stereocenters. The summed E-state index contributed by atoms with van der Waals surface area (Å²) in [6.07, 6.45) is 6.16. The van der Waals surface area contributed by atoms with Crippen LogP contribution in [0.3, 0.4) is 0 Å². The van der Waals surface area contributed by atoms with Crippen molar-refractivity contribution in [2.24, 2.45) is 0 Å². The molecule has 186 valence electrons. The Bertz CT molecular complexity index is 1330. The molecule has 0 fully saturated rings. The van der Waals surface area contributed by atoms with Gasteiger partial charge in [0.25, 0.3) is 5.91 Å². The van der Waals surface area contributed by atoms with Crippen molar-refractivity contribution in [2.45, 2.75) is 26.3 Å². The number of amides is 2. The first kappa shape index (κ1) is 25.6. The van der Waals surface area contributed by atoms with Crippen LogP contribution in [0.15, 0.2) is 109 Å². The summed E-state index contributed by atoms with van der Waals surface area (Å²) in [7, 11) is 0. The first-order chi connectivity index (χ1) is 18.1. The van der Waals surface area contributed by atoms with Crippen LogP contribution in [0.1, 0.15) is 27.9 Å². The van der Waals surface area contributed by atoms with Gasteiger partial charge >= 0.3 is 0 Å². The summed E-state index contributed by atoms with van der Waals surface area (Å²) in [5.74, 6) is -0.146. The van der Waals surface area contributed by atoms with E-state index in [1.807, 2.05) is 104 Å². The van der Waals surface area contributed by atoms with Gasteiger partial charge in [-0.2, -0.15) is 0 Å². The van der Waals surface area contributed by atoms with Gasteiger partial charge < -0.3 is 10.2 Å². The van der Waals surface area contributed by atoms with E-state index in [1.54, 1.807) is 17.2 Å². The monoisotopic (exact) mass is 489 g/mol. The lowest BCUT2D eigenvalue weighted by atomic mass is 10.1. The molecular weight excluding hydrogens is 458 g/mol. The molecule has 0 saturated heterocycles. The van der Waals surface area contributed by atoms with Crippen molar-refractivity contribution in [3.05, 3.63) is 137 Å². The van der Waals surface area contributed by atoms with E-state index in [1.165, 1.54) is 0 Å². The minimum Gasteiger partial charge on any atom is -0.355 e. The molecule has 1 heterocycles. The number of aryl methyl sites for hydroxylation is 1. The van der Waals surface area contributed by atoms with Gasteiger partial charge in [-0.05, 0) is 54.0 Å². The molecule has 4 aromatic rings. The van der Waals surface area contributed by atoms with Crippen LogP contribution in [0.5, 0.6) is 0 Å². The van der Waals surface area contributed by atoms with E-state index in [9.17, 15) is 9.59 Å². The molecule has 4 rings (SSSR count). The lowest BCUT2D eigenvalue weighted by Crippen LogP contribution is -2.29.